The monoisotopic (exact) mass is 278 g/mol. The van der Waals surface area contributed by atoms with E-state index < -0.39 is 5.38 Å². The Balaban J connectivity index is 1.90. The highest BCUT2D eigenvalue weighted by molar-refractivity contribution is 7.03. The average Bonchev–Trinajstić information content (AvgIpc) is 3.09. The lowest BCUT2D eigenvalue weighted by Gasteiger charge is -2.03. The molecule has 7 heteroatoms. The first-order valence-electron chi connectivity index (χ1n) is 5.14. The lowest BCUT2D eigenvalue weighted by atomic mass is 10.1. The van der Waals surface area contributed by atoms with E-state index >= 15 is 0 Å². The van der Waals surface area contributed by atoms with E-state index in [-0.39, 0.29) is 0 Å². The van der Waals surface area contributed by atoms with Crippen LogP contribution in [0.25, 0.3) is 11.6 Å². The molecule has 0 aliphatic carbocycles. The topological polar surface area (TPSA) is 64.7 Å². The number of hydrogen-bond acceptors (Lipinski definition) is 6. The molecule has 5 nitrogen and oxygen atoms in total. The van der Waals surface area contributed by atoms with Gasteiger partial charge in [-0.25, -0.2) is 0 Å². The van der Waals surface area contributed by atoms with Gasteiger partial charge in [-0.15, -0.1) is 26.9 Å². The van der Waals surface area contributed by atoms with Crippen molar-refractivity contribution in [1.29, 1.82) is 0 Å². The molecule has 0 aliphatic rings. The zero-order valence-corrected chi connectivity index (χ0v) is 10.6. The van der Waals surface area contributed by atoms with Crippen LogP contribution in [0.3, 0.4) is 0 Å². The summed E-state index contributed by atoms with van der Waals surface area (Å²) < 4.78 is 9.24. The molecular weight excluding hydrogens is 272 g/mol. The zero-order chi connectivity index (χ0) is 12.4. The van der Waals surface area contributed by atoms with E-state index in [2.05, 4.69) is 19.8 Å². The van der Waals surface area contributed by atoms with Crippen LogP contribution in [-0.4, -0.2) is 19.8 Å². The average molecular weight is 279 g/mol. The van der Waals surface area contributed by atoms with E-state index in [0.717, 1.165) is 5.56 Å². The van der Waals surface area contributed by atoms with Gasteiger partial charge in [0.25, 0.3) is 5.89 Å². The highest BCUT2D eigenvalue weighted by Gasteiger charge is 2.19. The lowest BCUT2D eigenvalue weighted by molar-refractivity contribution is 0.511. The summed E-state index contributed by atoms with van der Waals surface area (Å²) in [5.41, 5.74) is 1.47. The SMILES string of the molecule is ClC(c1ccccc1)c1nnc(-c2csnn2)o1. The second kappa shape index (κ2) is 4.83. The van der Waals surface area contributed by atoms with Crippen LogP contribution < -0.4 is 0 Å². The molecule has 0 spiro atoms. The largest absolute Gasteiger partial charge is 0.417 e. The lowest BCUT2D eigenvalue weighted by Crippen LogP contribution is -1.92. The Hall–Kier alpha value is -1.79. The maximum Gasteiger partial charge on any atom is 0.269 e. The number of nitrogens with zero attached hydrogens (tertiary/aromatic N) is 4. The molecule has 0 saturated carbocycles. The summed E-state index contributed by atoms with van der Waals surface area (Å²) in [7, 11) is 0. The minimum absolute atomic E-state index is 0.334. The normalized spacial score (nSPS) is 12.5. The third-order valence-corrected chi connectivity index (χ3v) is 3.27. The summed E-state index contributed by atoms with van der Waals surface area (Å²) in [6, 6.07) is 9.56. The maximum atomic E-state index is 6.28. The van der Waals surface area contributed by atoms with Gasteiger partial charge in [-0.3, -0.25) is 0 Å². The van der Waals surface area contributed by atoms with Crippen molar-refractivity contribution in [3.8, 4) is 11.6 Å². The zero-order valence-electron chi connectivity index (χ0n) is 9.02. The molecule has 0 fully saturated rings. The van der Waals surface area contributed by atoms with E-state index in [1.807, 2.05) is 30.3 Å². The number of halogens is 1. The standard InChI is InChI=1S/C11H7ClN4OS/c12-9(7-4-2-1-3-5-7)11-15-14-10(17-11)8-6-18-16-13-8/h1-6,9H. The number of benzene rings is 1. The molecule has 2 heterocycles. The Labute approximate surface area is 112 Å². The first kappa shape index (κ1) is 11.3. The number of hydrogen-bond donors (Lipinski definition) is 0. The van der Waals surface area contributed by atoms with E-state index in [1.165, 1.54) is 11.5 Å². The van der Waals surface area contributed by atoms with Gasteiger partial charge in [0, 0.05) is 5.38 Å². The molecule has 2 aromatic heterocycles. The van der Waals surface area contributed by atoms with Crippen LogP contribution in [0.5, 0.6) is 0 Å². The number of alkyl halides is 1. The first-order valence-corrected chi connectivity index (χ1v) is 6.42. The molecule has 1 aromatic carbocycles. The summed E-state index contributed by atoms with van der Waals surface area (Å²) in [4.78, 5) is 0. The summed E-state index contributed by atoms with van der Waals surface area (Å²) in [5.74, 6) is 0.686. The molecule has 1 atom stereocenters. The van der Waals surface area contributed by atoms with Gasteiger partial charge in [0.05, 0.1) is 0 Å². The fourth-order valence-corrected chi connectivity index (χ4v) is 2.13. The Morgan fingerprint density at radius 1 is 1.11 bits per heavy atom. The smallest absolute Gasteiger partial charge is 0.269 e. The quantitative estimate of drug-likeness (QED) is 0.689. The molecule has 3 rings (SSSR count). The summed E-state index contributed by atoms with van der Waals surface area (Å²) >= 11 is 7.50. The van der Waals surface area contributed by atoms with Crippen LogP contribution in [-0.2, 0) is 0 Å². The predicted molar refractivity (Wildman–Crippen MR) is 67.3 cm³/mol. The van der Waals surface area contributed by atoms with Crippen LogP contribution in [0.2, 0.25) is 0 Å². The van der Waals surface area contributed by atoms with Crippen molar-refractivity contribution < 1.29 is 4.42 Å². The molecular formula is C11H7ClN4OS. The third-order valence-electron chi connectivity index (χ3n) is 2.33. The molecule has 0 radical (unpaired) electrons. The van der Waals surface area contributed by atoms with E-state index in [9.17, 15) is 0 Å². The predicted octanol–water partition coefficient (Wildman–Crippen LogP) is 2.92. The number of rotatable bonds is 3. The molecule has 1 unspecified atom stereocenters. The molecule has 0 bridgehead atoms. The Morgan fingerprint density at radius 2 is 1.94 bits per heavy atom. The Kier molecular flexibility index (Phi) is 3.04. The maximum absolute atomic E-state index is 6.28. The fraction of sp³-hybridized carbons (Fsp3) is 0.0909. The van der Waals surface area contributed by atoms with E-state index in [4.69, 9.17) is 16.0 Å². The van der Waals surface area contributed by atoms with Gasteiger partial charge in [0.15, 0.2) is 5.69 Å². The second-order valence-corrected chi connectivity index (χ2v) is 4.56. The summed E-state index contributed by atoms with van der Waals surface area (Å²) in [6.45, 7) is 0. The highest BCUT2D eigenvalue weighted by atomic mass is 35.5. The van der Waals surface area contributed by atoms with Gasteiger partial charge >= 0.3 is 0 Å². The minimum Gasteiger partial charge on any atom is -0.417 e. The van der Waals surface area contributed by atoms with Gasteiger partial charge in [-0.1, -0.05) is 34.8 Å². The molecule has 0 aliphatic heterocycles. The van der Waals surface area contributed by atoms with Crippen LogP contribution in [0, 0.1) is 0 Å². The van der Waals surface area contributed by atoms with Crippen molar-refractivity contribution in [2.45, 2.75) is 5.38 Å². The van der Waals surface area contributed by atoms with Gasteiger partial charge in [0.1, 0.15) is 5.38 Å². The third kappa shape index (κ3) is 2.12. The van der Waals surface area contributed by atoms with Gasteiger partial charge < -0.3 is 4.42 Å². The molecule has 0 saturated heterocycles. The van der Waals surface area contributed by atoms with E-state index in [0.29, 0.717) is 17.5 Å². The first-order chi connectivity index (χ1) is 8.84. The van der Waals surface area contributed by atoms with Crippen molar-refractivity contribution in [2.75, 3.05) is 0 Å². The Bertz CT molecular complexity index is 626. The summed E-state index contributed by atoms with van der Waals surface area (Å²) in [5, 5.41) is 13.0. The summed E-state index contributed by atoms with van der Waals surface area (Å²) in [6.07, 6.45) is 0. The molecule has 90 valence electrons. The molecule has 18 heavy (non-hydrogen) atoms. The van der Waals surface area contributed by atoms with Crippen molar-refractivity contribution in [3.63, 3.8) is 0 Å². The second-order valence-electron chi connectivity index (χ2n) is 3.51. The van der Waals surface area contributed by atoms with Crippen molar-refractivity contribution in [1.82, 2.24) is 19.8 Å². The van der Waals surface area contributed by atoms with Crippen LogP contribution in [0.15, 0.2) is 40.1 Å². The van der Waals surface area contributed by atoms with Crippen molar-refractivity contribution >= 4 is 23.1 Å². The van der Waals surface area contributed by atoms with Gasteiger partial charge in [-0.05, 0) is 17.1 Å². The van der Waals surface area contributed by atoms with Crippen LogP contribution in [0.4, 0.5) is 0 Å². The van der Waals surface area contributed by atoms with Gasteiger partial charge in [-0.2, -0.15) is 0 Å². The van der Waals surface area contributed by atoms with E-state index in [1.54, 1.807) is 5.38 Å². The van der Waals surface area contributed by atoms with Crippen LogP contribution in [0.1, 0.15) is 16.8 Å². The fourth-order valence-electron chi connectivity index (χ4n) is 1.46. The van der Waals surface area contributed by atoms with Crippen molar-refractivity contribution in [2.24, 2.45) is 0 Å². The minimum atomic E-state index is -0.459. The Morgan fingerprint density at radius 3 is 2.67 bits per heavy atom. The van der Waals surface area contributed by atoms with Crippen LogP contribution >= 0.6 is 23.1 Å². The molecule has 3 aromatic rings. The number of aromatic nitrogens is 4. The molecule has 0 N–H and O–H groups in total. The highest BCUT2D eigenvalue weighted by Crippen LogP contribution is 2.29. The van der Waals surface area contributed by atoms with Crippen molar-refractivity contribution in [3.05, 3.63) is 47.2 Å². The molecule has 0 amide bonds. The van der Waals surface area contributed by atoms with Gasteiger partial charge in [0.2, 0.25) is 5.89 Å².